The molecule has 1 fully saturated rings. The maximum atomic E-state index is 13.7. The second-order valence-electron chi connectivity index (χ2n) is 10.7. The highest BCUT2D eigenvalue weighted by molar-refractivity contribution is 7.18. The maximum Gasteiger partial charge on any atom is 0.413 e. The number of fused-ring (bicyclic) bond motifs is 2. The van der Waals surface area contributed by atoms with Crippen molar-refractivity contribution in [2.75, 3.05) is 17.7 Å². The first-order chi connectivity index (χ1) is 18.2. The monoisotopic (exact) mass is 535 g/mol. The number of carbonyl (C=O) groups excluding carboxylic acids is 2. The summed E-state index contributed by atoms with van der Waals surface area (Å²) >= 11 is 1.45. The summed E-state index contributed by atoms with van der Waals surface area (Å²) in [6.07, 6.45) is 6.07. The summed E-state index contributed by atoms with van der Waals surface area (Å²) in [6, 6.07) is 11.7. The average molecular weight is 536 g/mol. The van der Waals surface area contributed by atoms with Crippen molar-refractivity contribution in [2.24, 2.45) is 0 Å². The molecule has 5 rings (SSSR count). The number of hydrogen-bond acceptors (Lipinski definition) is 8. The number of methoxy groups -OCH3 is 1. The number of aromatic nitrogens is 2. The van der Waals surface area contributed by atoms with Crippen LogP contribution < -0.4 is 15.4 Å². The third-order valence-corrected chi connectivity index (χ3v) is 7.96. The van der Waals surface area contributed by atoms with Gasteiger partial charge < -0.3 is 19.7 Å². The maximum absolute atomic E-state index is 13.7. The highest BCUT2D eigenvalue weighted by atomic mass is 32.1. The smallest absolute Gasteiger partial charge is 0.413 e. The molecule has 0 saturated heterocycles. The fourth-order valence-corrected chi connectivity index (χ4v) is 6.37. The molecule has 3 aromatic rings. The van der Waals surface area contributed by atoms with Gasteiger partial charge in [-0.25, -0.2) is 14.8 Å². The first-order valence-corrected chi connectivity index (χ1v) is 13.7. The zero-order valence-electron chi connectivity index (χ0n) is 22.2. The molecule has 0 atom stereocenters. The molecule has 38 heavy (non-hydrogen) atoms. The van der Waals surface area contributed by atoms with Crippen LogP contribution in [0, 0.1) is 0 Å². The van der Waals surface area contributed by atoms with Gasteiger partial charge in [0.2, 0.25) is 0 Å². The zero-order valence-corrected chi connectivity index (χ0v) is 23.0. The van der Waals surface area contributed by atoms with E-state index in [0.717, 1.165) is 52.4 Å². The highest BCUT2D eigenvalue weighted by Crippen LogP contribution is 2.53. The van der Waals surface area contributed by atoms with Crippen LogP contribution in [-0.4, -0.2) is 39.6 Å². The van der Waals surface area contributed by atoms with Crippen molar-refractivity contribution in [2.45, 2.75) is 70.6 Å². The number of anilines is 3. The van der Waals surface area contributed by atoms with Crippen LogP contribution in [0.5, 0.6) is 5.75 Å². The Balaban J connectivity index is 1.36. The lowest BCUT2D eigenvalue weighted by molar-refractivity contribution is 0.0387. The van der Waals surface area contributed by atoms with Gasteiger partial charge >= 0.3 is 6.09 Å². The third-order valence-electron chi connectivity index (χ3n) is 6.92. The second-order valence-corrected chi connectivity index (χ2v) is 11.8. The van der Waals surface area contributed by atoms with Crippen molar-refractivity contribution in [1.82, 2.24) is 14.9 Å². The Kier molecular flexibility index (Phi) is 7.00. The molecule has 3 heterocycles. The van der Waals surface area contributed by atoms with E-state index < -0.39 is 11.7 Å². The molecule has 200 valence electrons. The normalized spacial score (nSPS) is 16.3. The van der Waals surface area contributed by atoms with E-state index in [1.54, 1.807) is 33.9 Å². The molecule has 0 bridgehead atoms. The number of ether oxygens (including phenoxy) is 2. The SMILES string of the molecule is COc1ccc(CN2C(=O)c3sc(Nc4cc(NC(=O)OC(C)(C)C)ncn4)cc3C23CCCCC3)cc1. The van der Waals surface area contributed by atoms with Crippen LogP contribution in [0.2, 0.25) is 0 Å². The molecule has 9 nitrogen and oxygen atoms in total. The molecular weight excluding hydrogens is 502 g/mol. The predicted molar refractivity (Wildman–Crippen MR) is 147 cm³/mol. The topological polar surface area (TPSA) is 106 Å². The van der Waals surface area contributed by atoms with Gasteiger partial charge in [-0.2, -0.15) is 0 Å². The number of nitrogens with one attached hydrogen (secondary N) is 2. The van der Waals surface area contributed by atoms with Gasteiger partial charge in [0.15, 0.2) is 0 Å². The Bertz CT molecular complexity index is 1330. The van der Waals surface area contributed by atoms with Crippen molar-refractivity contribution in [3.63, 3.8) is 0 Å². The lowest BCUT2D eigenvalue weighted by Crippen LogP contribution is -2.44. The molecule has 1 saturated carbocycles. The molecule has 0 unspecified atom stereocenters. The van der Waals surface area contributed by atoms with E-state index in [1.807, 2.05) is 24.3 Å². The Morgan fingerprint density at radius 2 is 1.79 bits per heavy atom. The summed E-state index contributed by atoms with van der Waals surface area (Å²) in [6.45, 7) is 5.97. The van der Waals surface area contributed by atoms with Gasteiger partial charge in [-0.15, -0.1) is 11.3 Å². The van der Waals surface area contributed by atoms with Crippen molar-refractivity contribution >= 4 is 40.0 Å². The molecule has 2 amide bonds. The van der Waals surface area contributed by atoms with Gasteiger partial charge in [0.25, 0.3) is 5.91 Å². The number of benzene rings is 1. The van der Waals surface area contributed by atoms with E-state index in [-0.39, 0.29) is 11.4 Å². The van der Waals surface area contributed by atoms with E-state index in [4.69, 9.17) is 9.47 Å². The lowest BCUT2D eigenvalue weighted by atomic mass is 9.77. The standard InChI is InChI=1S/C28H33N5O4S/c1-27(2,3)37-26(35)32-22-15-21(29-17-30-22)31-23-14-20-24(38-23)25(34)33(28(20)12-6-5-7-13-28)16-18-8-10-19(36-4)11-9-18/h8-11,14-15,17H,5-7,12-13,16H2,1-4H3,(H2,29,30,31,32,35). The van der Waals surface area contributed by atoms with Gasteiger partial charge in [-0.05, 0) is 57.4 Å². The van der Waals surface area contributed by atoms with Crippen LogP contribution in [0.25, 0.3) is 0 Å². The lowest BCUT2D eigenvalue weighted by Gasteiger charge is -2.42. The van der Waals surface area contributed by atoms with Gasteiger partial charge in [0.05, 0.1) is 22.5 Å². The zero-order chi connectivity index (χ0) is 26.9. The van der Waals surface area contributed by atoms with Crippen LogP contribution in [0.1, 0.15) is 73.7 Å². The second kappa shape index (κ2) is 10.2. The van der Waals surface area contributed by atoms with Gasteiger partial charge in [-0.1, -0.05) is 31.4 Å². The fourth-order valence-electron chi connectivity index (χ4n) is 5.26. The molecule has 0 radical (unpaired) electrons. The van der Waals surface area contributed by atoms with Crippen LogP contribution >= 0.6 is 11.3 Å². The van der Waals surface area contributed by atoms with E-state index in [2.05, 4.69) is 31.6 Å². The van der Waals surface area contributed by atoms with Crippen LogP contribution in [-0.2, 0) is 16.8 Å². The molecule has 1 aromatic carbocycles. The van der Waals surface area contributed by atoms with Crippen molar-refractivity contribution < 1.29 is 19.1 Å². The van der Waals surface area contributed by atoms with Crippen LogP contribution in [0.3, 0.4) is 0 Å². The first kappa shape index (κ1) is 26.0. The molecule has 2 N–H and O–H groups in total. The third kappa shape index (κ3) is 5.31. The van der Waals surface area contributed by atoms with E-state index in [0.29, 0.717) is 18.2 Å². The largest absolute Gasteiger partial charge is 0.497 e. The van der Waals surface area contributed by atoms with Gasteiger partial charge in [0.1, 0.15) is 29.3 Å². The summed E-state index contributed by atoms with van der Waals surface area (Å²) in [5.41, 5.74) is 1.28. The number of rotatable bonds is 6. The highest BCUT2D eigenvalue weighted by Gasteiger charge is 2.51. The fraction of sp³-hybridized carbons (Fsp3) is 0.429. The van der Waals surface area contributed by atoms with Crippen LogP contribution in [0.4, 0.5) is 21.4 Å². The minimum Gasteiger partial charge on any atom is -0.497 e. The van der Waals surface area contributed by atoms with E-state index >= 15 is 0 Å². The Morgan fingerprint density at radius 3 is 2.47 bits per heavy atom. The summed E-state index contributed by atoms with van der Waals surface area (Å²) in [5, 5.41) is 6.77. The van der Waals surface area contributed by atoms with Gasteiger partial charge in [0, 0.05) is 18.2 Å². The molecular formula is C28H33N5O4S. The molecule has 1 spiro atoms. The van der Waals surface area contributed by atoms with Crippen molar-refractivity contribution in [3.05, 3.63) is 58.7 Å². The summed E-state index contributed by atoms with van der Waals surface area (Å²) in [7, 11) is 1.65. The van der Waals surface area contributed by atoms with E-state index in [1.165, 1.54) is 24.1 Å². The first-order valence-electron chi connectivity index (χ1n) is 12.9. The Hall–Kier alpha value is -3.66. The van der Waals surface area contributed by atoms with Crippen molar-refractivity contribution in [3.8, 4) is 5.75 Å². The molecule has 10 heteroatoms. The number of amides is 2. The number of hydrogen-bond donors (Lipinski definition) is 2. The molecule has 1 aliphatic heterocycles. The molecule has 1 aliphatic carbocycles. The van der Waals surface area contributed by atoms with Crippen molar-refractivity contribution in [1.29, 1.82) is 0 Å². The minimum atomic E-state index is -0.613. The number of nitrogens with zero attached hydrogens (tertiary/aromatic N) is 3. The summed E-state index contributed by atoms with van der Waals surface area (Å²) in [4.78, 5) is 37.1. The number of thiophene rings is 1. The Labute approximate surface area is 226 Å². The quantitative estimate of drug-likeness (QED) is 0.373. The summed E-state index contributed by atoms with van der Waals surface area (Å²) < 4.78 is 10.6. The van der Waals surface area contributed by atoms with Gasteiger partial charge in [-0.3, -0.25) is 10.1 Å². The van der Waals surface area contributed by atoms with Crippen LogP contribution in [0.15, 0.2) is 42.7 Å². The number of carbonyl (C=O) groups is 2. The molecule has 2 aromatic heterocycles. The average Bonchev–Trinajstić information content (AvgIpc) is 3.38. The molecule has 2 aliphatic rings. The minimum absolute atomic E-state index is 0.0748. The Morgan fingerprint density at radius 1 is 1.08 bits per heavy atom. The predicted octanol–water partition coefficient (Wildman–Crippen LogP) is 6.45. The van der Waals surface area contributed by atoms with E-state index in [9.17, 15) is 9.59 Å². The summed E-state index contributed by atoms with van der Waals surface area (Å²) in [5.74, 6) is 1.72.